The number of nitrogens with zero attached hydrogens (tertiary/aromatic N) is 6. The lowest BCUT2D eigenvalue weighted by Gasteiger charge is -2.36. The predicted octanol–water partition coefficient (Wildman–Crippen LogP) is 3.19. The van der Waals surface area contributed by atoms with Gasteiger partial charge in [-0.15, -0.1) is 0 Å². The van der Waals surface area contributed by atoms with E-state index in [1.54, 1.807) is 6.20 Å². The third-order valence-corrected chi connectivity index (χ3v) is 5.75. The maximum absolute atomic E-state index is 13.4. The molecule has 4 rings (SSSR count). The number of piperazine rings is 1. The highest BCUT2D eigenvalue weighted by molar-refractivity contribution is 9.10. The van der Waals surface area contributed by atoms with E-state index in [-0.39, 0.29) is 12.8 Å². The second kappa shape index (κ2) is 8.24. The van der Waals surface area contributed by atoms with Crippen LogP contribution in [0.2, 0.25) is 0 Å². The summed E-state index contributed by atoms with van der Waals surface area (Å²) in [5.74, 6) is -0.943. The number of aromatic nitrogens is 3. The van der Waals surface area contributed by atoms with Gasteiger partial charge in [-0.1, -0.05) is 0 Å². The van der Waals surface area contributed by atoms with Gasteiger partial charge in [-0.25, -0.2) is 18.7 Å². The van der Waals surface area contributed by atoms with Crippen LogP contribution in [-0.2, 0) is 6.54 Å². The van der Waals surface area contributed by atoms with Gasteiger partial charge in [0.05, 0.1) is 0 Å². The fourth-order valence-corrected chi connectivity index (χ4v) is 4.09. The van der Waals surface area contributed by atoms with Crippen molar-refractivity contribution in [2.24, 2.45) is 0 Å². The van der Waals surface area contributed by atoms with E-state index in [0.717, 1.165) is 48.8 Å². The van der Waals surface area contributed by atoms with Crippen LogP contribution in [0.15, 0.2) is 35.3 Å². The zero-order chi connectivity index (χ0) is 19.6. The van der Waals surface area contributed by atoms with Gasteiger partial charge >= 0.3 is 0 Å². The van der Waals surface area contributed by atoms with Gasteiger partial charge in [-0.3, -0.25) is 9.88 Å². The lowest BCUT2D eigenvalue weighted by atomic mass is 10.1. The van der Waals surface area contributed by atoms with Gasteiger partial charge in [0.1, 0.15) is 18.0 Å². The summed E-state index contributed by atoms with van der Waals surface area (Å²) < 4.78 is 27.8. The van der Waals surface area contributed by atoms with Crippen LogP contribution in [0.5, 0.6) is 0 Å². The van der Waals surface area contributed by atoms with Crippen LogP contribution in [0.4, 0.5) is 20.4 Å². The lowest BCUT2D eigenvalue weighted by molar-refractivity contribution is -0.0221. The minimum Gasteiger partial charge on any atom is -0.356 e. The van der Waals surface area contributed by atoms with Crippen molar-refractivity contribution in [2.45, 2.75) is 25.3 Å². The van der Waals surface area contributed by atoms with Crippen molar-refractivity contribution in [3.05, 3.63) is 40.9 Å². The molecule has 0 amide bonds. The molecule has 0 bridgehead atoms. The van der Waals surface area contributed by atoms with E-state index in [1.165, 1.54) is 11.9 Å². The monoisotopic (exact) mass is 452 g/mol. The Hall–Kier alpha value is -1.87. The largest absolute Gasteiger partial charge is 0.356 e. The highest BCUT2D eigenvalue weighted by Gasteiger charge is 2.34. The first kappa shape index (κ1) is 19.4. The summed E-state index contributed by atoms with van der Waals surface area (Å²) in [5.41, 5.74) is 1.19. The average molecular weight is 453 g/mol. The third-order valence-electron chi connectivity index (χ3n) is 5.32. The number of hydrogen-bond acceptors (Lipinski definition) is 6. The molecule has 9 heteroatoms. The molecule has 0 spiro atoms. The van der Waals surface area contributed by atoms with Gasteiger partial charge in [0.25, 0.3) is 5.92 Å². The standard InChI is InChI=1S/C19H23BrF2N6/c20-16-9-15(11-23-12-16)13-26-5-7-28(8-6-26)18-10-17(24-14-25-18)27-3-1-19(21,22)2-4-27/h9-12,14H,1-8,13H2. The number of pyridine rings is 1. The Morgan fingerprint density at radius 3 is 2.18 bits per heavy atom. The van der Waals surface area contributed by atoms with Gasteiger partial charge in [-0.05, 0) is 27.6 Å². The van der Waals surface area contributed by atoms with E-state index >= 15 is 0 Å². The molecule has 150 valence electrons. The molecule has 2 fully saturated rings. The Morgan fingerprint density at radius 2 is 1.54 bits per heavy atom. The lowest BCUT2D eigenvalue weighted by Crippen LogP contribution is -2.46. The highest BCUT2D eigenvalue weighted by Crippen LogP contribution is 2.30. The van der Waals surface area contributed by atoms with Gasteiger partial charge in [0.15, 0.2) is 0 Å². The normalized spacial score (nSPS) is 20.4. The molecule has 0 atom stereocenters. The second-order valence-corrected chi connectivity index (χ2v) is 8.27. The summed E-state index contributed by atoms with van der Waals surface area (Å²) in [6.07, 6.45) is 5.00. The van der Waals surface area contributed by atoms with Crippen molar-refractivity contribution in [2.75, 3.05) is 49.1 Å². The van der Waals surface area contributed by atoms with E-state index in [0.29, 0.717) is 13.1 Å². The summed E-state index contributed by atoms with van der Waals surface area (Å²) in [6, 6.07) is 4.02. The van der Waals surface area contributed by atoms with E-state index < -0.39 is 5.92 Å². The number of piperidine rings is 1. The quantitative estimate of drug-likeness (QED) is 0.709. The summed E-state index contributed by atoms with van der Waals surface area (Å²) >= 11 is 3.46. The van der Waals surface area contributed by atoms with E-state index in [2.05, 4.69) is 46.7 Å². The fraction of sp³-hybridized carbons (Fsp3) is 0.526. The zero-order valence-corrected chi connectivity index (χ0v) is 17.2. The first-order valence-corrected chi connectivity index (χ1v) is 10.3. The zero-order valence-electron chi connectivity index (χ0n) is 15.6. The van der Waals surface area contributed by atoms with Crippen LogP contribution in [0.25, 0.3) is 0 Å². The SMILES string of the molecule is FC1(F)CCN(c2cc(N3CCN(Cc4cncc(Br)c4)CC3)ncn2)CC1. The molecule has 0 unspecified atom stereocenters. The predicted molar refractivity (Wildman–Crippen MR) is 108 cm³/mol. The maximum atomic E-state index is 13.4. The Kier molecular flexibility index (Phi) is 5.73. The van der Waals surface area contributed by atoms with Crippen molar-refractivity contribution in [3.8, 4) is 0 Å². The smallest absolute Gasteiger partial charge is 0.251 e. The topological polar surface area (TPSA) is 48.4 Å². The van der Waals surface area contributed by atoms with E-state index in [1.807, 2.05) is 17.2 Å². The molecule has 0 saturated carbocycles. The number of alkyl halides is 2. The number of halogens is 3. The first-order chi connectivity index (χ1) is 13.5. The average Bonchev–Trinajstić information content (AvgIpc) is 2.69. The molecular formula is C19H23BrF2N6. The maximum Gasteiger partial charge on any atom is 0.251 e. The number of rotatable bonds is 4. The van der Waals surface area contributed by atoms with Crippen LogP contribution in [0.1, 0.15) is 18.4 Å². The summed E-state index contributed by atoms with van der Waals surface area (Å²) in [6.45, 7) is 5.14. The number of hydrogen-bond donors (Lipinski definition) is 0. The molecule has 4 heterocycles. The van der Waals surface area contributed by atoms with E-state index in [9.17, 15) is 8.78 Å². The summed E-state index contributed by atoms with van der Waals surface area (Å²) in [4.78, 5) is 19.5. The Morgan fingerprint density at radius 1 is 0.893 bits per heavy atom. The summed E-state index contributed by atoms with van der Waals surface area (Å²) in [5, 5.41) is 0. The Balaban J connectivity index is 1.34. The van der Waals surface area contributed by atoms with Crippen LogP contribution in [0.3, 0.4) is 0 Å². The van der Waals surface area contributed by atoms with Crippen molar-refractivity contribution >= 4 is 27.6 Å². The third kappa shape index (κ3) is 4.75. The van der Waals surface area contributed by atoms with Crippen molar-refractivity contribution < 1.29 is 8.78 Å². The molecule has 28 heavy (non-hydrogen) atoms. The molecule has 2 aliphatic heterocycles. The van der Waals surface area contributed by atoms with Gasteiger partial charge in [0, 0.05) is 81.6 Å². The molecule has 2 aromatic rings. The molecule has 0 aromatic carbocycles. The highest BCUT2D eigenvalue weighted by atomic mass is 79.9. The fourth-order valence-electron chi connectivity index (χ4n) is 3.68. The van der Waals surface area contributed by atoms with Crippen molar-refractivity contribution in [3.63, 3.8) is 0 Å². The van der Waals surface area contributed by atoms with Crippen LogP contribution in [0, 0.1) is 0 Å². The molecule has 0 radical (unpaired) electrons. The van der Waals surface area contributed by atoms with Crippen molar-refractivity contribution in [1.29, 1.82) is 0 Å². The molecule has 2 aromatic heterocycles. The molecule has 2 aliphatic rings. The molecular weight excluding hydrogens is 430 g/mol. The minimum absolute atomic E-state index is 0.116. The van der Waals surface area contributed by atoms with Crippen LogP contribution in [-0.4, -0.2) is 65.0 Å². The molecule has 0 aliphatic carbocycles. The Bertz CT molecular complexity index is 803. The molecule has 2 saturated heterocycles. The minimum atomic E-state index is -2.55. The van der Waals surface area contributed by atoms with Gasteiger partial charge < -0.3 is 9.80 Å². The van der Waals surface area contributed by atoms with Crippen LogP contribution < -0.4 is 9.80 Å². The van der Waals surface area contributed by atoms with Crippen LogP contribution >= 0.6 is 15.9 Å². The molecule has 0 N–H and O–H groups in total. The van der Waals surface area contributed by atoms with E-state index in [4.69, 9.17) is 0 Å². The second-order valence-electron chi connectivity index (χ2n) is 7.35. The molecule has 6 nitrogen and oxygen atoms in total. The van der Waals surface area contributed by atoms with Crippen molar-refractivity contribution in [1.82, 2.24) is 19.9 Å². The van der Waals surface area contributed by atoms with Gasteiger partial charge in [0.2, 0.25) is 0 Å². The number of anilines is 2. The Labute approximate surface area is 171 Å². The van der Waals surface area contributed by atoms with Gasteiger partial charge in [-0.2, -0.15) is 0 Å². The summed E-state index contributed by atoms with van der Waals surface area (Å²) in [7, 11) is 0. The first-order valence-electron chi connectivity index (χ1n) is 9.50.